The largest absolute Gasteiger partial charge is 0.279 e. The minimum Gasteiger partial charge on any atom is -0.279 e. The zero-order chi connectivity index (χ0) is 15.7. The summed E-state index contributed by atoms with van der Waals surface area (Å²) in [6.07, 6.45) is 1.65. The lowest BCUT2D eigenvalue weighted by molar-refractivity contribution is 0.601. The third-order valence-corrected chi connectivity index (χ3v) is 5.15. The van der Waals surface area contributed by atoms with E-state index in [2.05, 4.69) is 9.71 Å². The third-order valence-electron chi connectivity index (χ3n) is 3.07. The van der Waals surface area contributed by atoms with Crippen LogP contribution in [-0.2, 0) is 10.0 Å². The summed E-state index contributed by atoms with van der Waals surface area (Å²) in [7, 11) is -3.85. The van der Waals surface area contributed by atoms with Crippen molar-refractivity contribution in [1.82, 2.24) is 4.98 Å². The van der Waals surface area contributed by atoms with E-state index in [0.29, 0.717) is 21.6 Å². The molecular weight excluding hydrogens is 343 g/mol. The number of rotatable bonds is 3. The molecule has 0 saturated carbocycles. The second-order valence-corrected chi connectivity index (χ2v) is 7.05. The first-order chi connectivity index (χ1) is 10.5. The Morgan fingerprint density at radius 1 is 1.00 bits per heavy atom. The quantitative estimate of drug-likeness (QED) is 0.762. The maximum atomic E-state index is 12.5. The van der Waals surface area contributed by atoms with Gasteiger partial charge in [0.1, 0.15) is 4.90 Å². The molecule has 112 valence electrons. The third kappa shape index (κ3) is 2.88. The van der Waals surface area contributed by atoms with Gasteiger partial charge in [-0.1, -0.05) is 29.3 Å². The highest BCUT2D eigenvalue weighted by molar-refractivity contribution is 7.92. The highest BCUT2D eigenvalue weighted by atomic mass is 35.5. The Labute approximate surface area is 137 Å². The first-order valence-corrected chi connectivity index (χ1v) is 8.53. The molecule has 0 fully saturated rings. The van der Waals surface area contributed by atoms with Gasteiger partial charge in [0.05, 0.1) is 16.2 Å². The Hall–Kier alpha value is -1.82. The van der Waals surface area contributed by atoms with Crippen LogP contribution in [0.25, 0.3) is 10.9 Å². The number of fused-ring (bicyclic) bond motifs is 1. The molecule has 0 amide bonds. The van der Waals surface area contributed by atoms with Gasteiger partial charge >= 0.3 is 0 Å². The Balaban J connectivity index is 2.09. The molecule has 4 nitrogen and oxygen atoms in total. The number of halogens is 2. The van der Waals surface area contributed by atoms with Crippen LogP contribution in [0.4, 0.5) is 5.69 Å². The summed E-state index contributed by atoms with van der Waals surface area (Å²) in [4.78, 5) is 4.13. The summed E-state index contributed by atoms with van der Waals surface area (Å²) in [5, 5.41) is 1.10. The van der Waals surface area contributed by atoms with Crippen molar-refractivity contribution in [2.45, 2.75) is 4.90 Å². The van der Waals surface area contributed by atoms with Crippen molar-refractivity contribution in [2.75, 3.05) is 4.72 Å². The number of nitrogens with zero attached hydrogens (tertiary/aromatic N) is 1. The number of aromatic nitrogens is 1. The summed E-state index contributed by atoms with van der Waals surface area (Å²) in [5.41, 5.74) is 1.13. The minimum atomic E-state index is -3.85. The smallest absolute Gasteiger partial charge is 0.263 e. The van der Waals surface area contributed by atoms with E-state index < -0.39 is 10.0 Å². The van der Waals surface area contributed by atoms with E-state index in [-0.39, 0.29) is 9.92 Å². The predicted octanol–water partition coefficient (Wildman–Crippen LogP) is 4.34. The molecule has 22 heavy (non-hydrogen) atoms. The molecule has 0 unspecified atom stereocenters. The van der Waals surface area contributed by atoms with Gasteiger partial charge in [0, 0.05) is 16.6 Å². The van der Waals surface area contributed by atoms with Crippen LogP contribution in [0.15, 0.2) is 59.6 Å². The van der Waals surface area contributed by atoms with E-state index in [9.17, 15) is 8.42 Å². The lowest BCUT2D eigenvalue weighted by atomic mass is 10.2. The van der Waals surface area contributed by atoms with Crippen LogP contribution < -0.4 is 4.72 Å². The Morgan fingerprint density at radius 3 is 2.64 bits per heavy atom. The van der Waals surface area contributed by atoms with Gasteiger partial charge in [-0.3, -0.25) is 9.71 Å². The Morgan fingerprint density at radius 2 is 1.82 bits per heavy atom. The van der Waals surface area contributed by atoms with Crippen molar-refractivity contribution >= 4 is 49.8 Å². The van der Waals surface area contributed by atoms with E-state index in [1.165, 1.54) is 18.2 Å². The zero-order valence-corrected chi connectivity index (χ0v) is 13.5. The summed E-state index contributed by atoms with van der Waals surface area (Å²) in [6, 6.07) is 13.0. The molecular formula is C15H10Cl2N2O2S. The highest BCUT2D eigenvalue weighted by Gasteiger charge is 2.19. The maximum absolute atomic E-state index is 12.5. The summed E-state index contributed by atoms with van der Waals surface area (Å²) in [6.45, 7) is 0. The van der Waals surface area contributed by atoms with E-state index >= 15 is 0 Å². The number of nitrogens with one attached hydrogen (secondary N) is 1. The van der Waals surface area contributed by atoms with Gasteiger partial charge < -0.3 is 0 Å². The van der Waals surface area contributed by atoms with Gasteiger partial charge in [-0.05, 0) is 42.5 Å². The lowest BCUT2D eigenvalue weighted by Crippen LogP contribution is -2.13. The van der Waals surface area contributed by atoms with Gasteiger partial charge in [0.15, 0.2) is 0 Å². The predicted molar refractivity (Wildman–Crippen MR) is 89.0 cm³/mol. The molecule has 0 aliphatic rings. The molecule has 0 aliphatic heterocycles. The average Bonchev–Trinajstić information content (AvgIpc) is 2.50. The Bertz CT molecular complexity index is 953. The molecule has 1 heterocycles. The molecule has 0 atom stereocenters. The molecule has 0 radical (unpaired) electrons. The van der Waals surface area contributed by atoms with Crippen LogP contribution in [0.3, 0.4) is 0 Å². The first-order valence-electron chi connectivity index (χ1n) is 6.29. The fourth-order valence-electron chi connectivity index (χ4n) is 2.08. The molecule has 7 heteroatoms. The topological polar surface area (TPSA) is 59.1 Å². The van der Waals surface area contributed by atoms with E-state index in [1.54, 1.807) is 36.5 Å². The first kappa shape index (κ1) is 15.1. The fraction of sp³-hybridized carbons (Fsp3) is 0. The van der Waals surface area contributed by atoms with E-state index in [4.69, 9.17) is 23.2 Å². The number of hydrogen-bond acceptors (Lipinski definition) is 3. The number of benzene rings is 2. The number of anilines is 1. The van der Waals surface area contributed by atoms with Crippen LogP contribution in [0.1, 0.15) is 0 Å². The van der Waals surface area contributed by atoms with Crippen molar-refractivity contribution in [3.8, 4) is 0 Å². The maximum Gasteiger partial charge on any atom is 0.263 e. The van der Waals surface area contributed by atoms with Gasteiger partial charge in [-0.15, -0.1) is 0 Å². The second-order valence-electron chi connectivity index (χ2n) is 4.56. The van der Waals surface area contributed by atoms with E-state index in [0.717, 1.165) is 0 Å². The SMILES string of the molecule is O=S(=O)(Nc1cccc2ncccc12)c1cc(Cl)ccc1Cl. The molecule has 1 aromatic heterocycles. The van der Waals surface area contributed by atoms with Crippen LogP contribution in [0, 0.1) is 0 Å². The molecule has 2 aromatic carbocycles. The highest BCUT2D eigenvalue weighted by Crippen LogP contribution is 2.29. The normalized spacial score (nSPS) is 11.5. The van der Waals surface area contributed by atoms with Crippen LogP contribution >= 0.6 is 23.2 Å². The lowest BCUT2D eigenvalue weighted by Gasteiger charge is -2.11. The van der Waals surface area contributed by atoms with Gasteiger partial charge in [-0.2, -0.15) is 0 Å². The average molecular weight is 353 g/mol. The number of hydrogen-bond donors (Lipinski definition) is 1. The van der Waals surface area contributed by atoms with Crippen molar-refractivity contribution in [2.24, 2.45) is 0 Å². The monoisotopic (exact) mass is 352 g/mol. The Kier molecular flexibility index (Phi) is 3.95. The standard InChI is InChI=1S/C15H10Cl2N2O2S/c16-10-6-7-12(17)15(9-10)22(20,21)19-14-5-1-4-13-11(14)3-2-8-18-13/h1-9,19H. The van der Waals surface area contributed by atoms with E-state index in [1.807, 2.05) is 0 Å². The van der Waals surface area contributed by atoms with Crippen molar-refractivity contribution in [1.29, 1.82) is 0 Å². The molecule has 3 aromatic rings. The van der Waals surface area contributed by atoms with Crippen molar-refractivity contribution < 1.29 is 8.42 Å². The van der Waals surface area contributed by atoms with Gasteiger partial charge in [0.2, 0.25) is 0 Å². The van der Waals surface area contributed by atoms with Gasteiger partial charge in [0.25, 0.3) is 10.0 Å². The molecule has 0 saturated heterocycles. The molecule has 0 spiro atoms. The molecule has 0 aliphatic carbocycles. The molecule has 0 bridgehead atoms. The molecule has 3 rings (SSSR count). The summed E-state index contributed by atoms with van der Waals surface area (Å²) >= 11 is 11.8. The molecule has 1 N–H and O–H groups in total. The minimum absolute atomic E-state index is 0.0671. The van der Waals surface area contributed by atoms with Crippen LogP contribution in [0.2, 0.25) is 10.0 Å². The summed E-state index contributed by atoms with van der Waals surface area (Å²) in [5.74, 6) is 0. The second kappa shape index (κ2) is 5.76. The van der Waals surface area contributed by atoms with Crippen LogP contribution in [0.5, 0.6) is 0 Å². The fourth-order valence-corrected chi connectivity index (χ4v) is 3.92. The zero-order valence-electron chi connectivity index (χ0n) is 11.1. The van der Waals surface area contributed by atoms with Gasteiger partial charge in [-0.25, -0.2) is 8.42 Å². The summed E-state index contributed by atoms with van der Waals surface area (Å²) < 4.78 is 27.6. The van der Waals surface area contributed by atoms with Crippen molar-refractivity contribution in [3.05, 3.63) is 64.8 Å². The van der Waals surface area contributed by atoms with Crippen molar-refractivity contribution in [3.63, 3.8) is 0 Å². The number of pyridine rings is 1. The van der Waals surface area contributed by atoms with Crippen LogP contribution in [-0.4, -0.2) is 13.4 Å². The number of sulfonamides is 1.